The molecule has 2 atom stereocenters. The van der Waals surface area contributed by atoms with Gasteiger partial charge in [0.25, 0.3) is 0 Å². The third-order valence-electron chi connectivity index (χ3n) is 6.69. The summed E-state index contributed by atoms with van der Waals surface area (Å²) in [6.45, 7) is 10.9. The molecule has 1 aliphatic rings. The number of allylic oxidation sites excluding steroid dienone is 2. The van der Waals surface area contributed by atoms with E-state index in [1.54, 1.807) is 19.2 Å². The predicted octanol–water partition coefficient (Wildman–Crippen LogP) is 5.27. The molecule has 1 aliphatic carbocycles. The number of aliphatic hydroxyl groups excluding tert-OH is 1. The first-order valence-corrected chi connectivity index (χ1v) is 11.0. The standard InChI is InChI=1S/C26H34O6/c1-16(7-10-19-17(2)8-11-21(27)26(19,3)4)13-14-31-24-20(29-5)15-18-9-12-22(28)32-23(18)25(24)30-6/h9,12-13,15,19,21,27H,2,7-8,10-11,14H2,1,3-6H3. The average Bonchev–Trinajstić information content (AvgIpc) is 2.75. The molecule has 0 saturated heterocycles. The predicted molar refractivity (Wildman–Crippen MR) is 126 cm³/mol. The van der Waals surface area contributed by atoms with Gasteiger partial charge in [0.2, 0.25) is 11.5 Å². The lowest BCUT2D eigenvalue weighted by Gasteiger charge is -2.44. The van der Waals surface area contributed by atoms with Crippen LogP contribution >= 0.6 is 0 Å². The highest BCUT2D eigenvalue weighted by molar-refractivity contribution is 5.88. The number of benzene rings is 1. The topological polar surface area (TPSA) is 78.1 Å². The molecule has 0 radical (unpaired) electrons. The number of hydrogen-bond donors (Lipinski definition) is 1. The highest BCUT2D eigenvalue weighted by Gasteiger charge is 2.40. The lowest BCUT2D eigenvalue weighted by molar-refractivity contribution is -0.00881. The molecular weight excluding hydrogens is 408 g/mol. The molecule has 3 rings (SSSR count). The van der Waals surface area contributed by atoms with Gasteiger partial charge in [-0.3, -0.25) is 0 Å². The summed E-state index contributed by atoms with van der Waals surface area (Å²) < 4.78 is 22.3. The first-order chi connectivity index (χ1) is 15.2. The van der Waals surface area contributed by atoms with E-state index in [-0.39, 0.29) is 11.5 Å². The van der Waals surface area contributed by atoms with Crippen molar-refractivity contribution < 1.29 is 23.7 Å². The highest BCUT2D eigenvalue weighted by Crippen LogP contribution is 2.46. The molecule has 0 aliphatic heterocycles. The monoisotopic (exact) mass is 442 g/mol. The summed E-state index contributed by atoms with van der Waals surface area (Å²) in [6.07, 6.45) is 5.25. The van der Waals surface area contributed by atoms with Crippen molar-refractivity contribution in [2.24, 2.45) is 11.3 Å². The van der Waals surface area contributed by atoms with Crippen LogP contribution in [0.1, 0.15) is 46.5 Å². The lowest BCUT2D eigenvalue weighted by atomic mass is 9.63. The Morgan fingerprint density at radius 2 is 2.03 bits per heavy atom. The van der Waals surface area contributed by atoms with E-state index < -0.39 is 5.63 Å². The summed E-state index contributed by atoms with van der Waals surface area (Å²) in [4.78, 5) is 11.7. The van der Waals surface area contributed by atoms with Gasteiger partial charge in [0, 0.05) is 11.5 Å². The van der Waals surface area contributed by atoms with Gasteiger partial charge >= 0.3 is 5.63 Å². The molecule has 2 unspecified atom stereocenters. The van der Waals surface area contributed by atoms with Crippen molar-refractivity contribution in [2.45, 2.75) is 52.6 Å². The van der Waals surface area contributed by atoms with Crippen molar-refractivity contribution in [1.29, 1.82) is 0 Å². The fourth-order valence-electron chi connectivity index (χ4n) is 4.56. The second kappa shape index (κ2) is 9.82. The van der Waals surface area contributed by atoms with Crippen LogP contribution in [0.15, 0.2) is 51.2 Å². The molecular formula is C26H34O6. The molecule has 1 aromatic heterocycles. The number of methoxy groups -OCH3 is 2. The van der Waals surface area contributed by atoms with E-state index in [2.05, 4.69) is 27.4 Å². The van der Waals surface area contributed by atoms with Crippen LogP contribution in [0.25, 0.3) is 11.0 Å². The third-order valence-corrected chi connectivity index (χ3v) is 6.69. The zero-order valence-corrected chi connectivity index (χ0v) is 19.7. The second-order valence-electron chi connectivity index (χ2n) is 9.10. The normalized spacial score (nSPS) is 20.9. The molecule has 2 aromatic rings. The van der Waals surface area contributed by atoms with Crippen molar-refractivity contribution in [3.8, 4) is 17.2 Å². The molecule has 0 spiro atoms. The average molecular weight is 443 g/mol. The van der Waals surface area contributed by atoms with Crippen LogP contribution in [0.3, 0.4) is 0 Å². The number of aliphatic hydroxyl groups is 1. The summed E-state index contributed by atoms with van der Waals surface area (Å²) in [6, 6.07) is 4.78. The van der Waals surface area contributed by atoms with Crippen LogP contribution in [0.5, 0.6) is 17.2 Å². The Kier molecular flexibility index (Phi) is 7.34. The van der Waals surface area contributed by atoms with Crippen molar-refractivity contribution in [3.63, 3.8) is 0 Å². The van der Waals surface area contributed by atoms with Gasteiger partial charge in [0.15, 0.2) is 11.3 Å². The van der Waals surface area contributed by atoms with Gasteiger partial charge in [-0.25, -0.2) is 4.79 Å². The van der Waals surface area contributed by atoms with E-state index in [0.717, 1.165) is 25.7 Å². The van der Waals surface area contributed by atoms with Gasteiger partial charge in [-0.15, -0.1) is 0 Å². The Bertz CT molecular complexity index is 1060. The summed E-state index contributed by atoms with van der Waals surface area (Å²) in [7, 11) is 3.06. The van der Waals surface area contributed by atoms with Crippen molar-refractivity contribution in [1.82, 2.24) is 0 Å². The maximum Gasteiger partial charge on any atom is 0.336 e. The van der Waals surface area contributed by atoms with Crippen molar-refractivity contribution in [2.75, 3.05) is 20.8 Å². The number of ether oxygens (including phenoxy) is 3. The Labute approximate surface area is 189 Å². The fourth-order valence-corrected chi connectivity index (χ4v) is 4.56. The third kappa shape index (κ3) is 4.85. The van der Waals surface area contributed by atoms with Gasteiger partial charge in [-0.05, 0) is 62.1 Å². The molecule has 6 nitrogen and oxygen atoms in total. The van der Waals surface area contributed by atoms with E-state index in [1.165, 1.54) is 24.3 Å². The van der Waals surface area contributed by atoms with E-state index in [0.29, 0.717) is 40.7 Å². The minimum Gasteiger partial charge on any atom is -0.493 e. The maximum atomic E-state index is 11.7. The second-order valence-corrected chi connectivity index (χ2v) is 9.10. The van der Waals surface area contributed by atoms with Gasteiger partial charge in [-0.2, -0.15) is 0 Å². The maximum absolute atomic E-state index is 11.7. The minimum absolute atomic E-state index is 0.165. The number of rotatable bonds is 8. The SMILES string of the molecule is C=C1CCC(O)C(C)(C)C1CCC(C)=CCOc1c(OC)cc2ccc(=O)oc2c1OC. The van der Waals surface area contributed by atoms with E-state index >= 15 is 0 Å². The summed E-state index contributed by atoms with van der Waals surface area (Å²) in [5, 5.41) is 11.1. The molecule has 1 N–H and O–H groups in total. The molecule has 1 fully saturated rings. The van der Waals surface area contributed by atoms with Crippen molar-refractivity contribution >= 4 is 11.0 Å². The van der Waals surface area contributed by atoms with E-state index in [1.807, 2.05) is 6.08 Å². The van der Waals surface area contributed by atoms with Gasteiger partial charge < -0.3 is 23.7 Å². The van der Waals surface area contributed by atoms with E-state index in [4.69, 9.17) is 18.6 Å². The van der Waals surface area contributed by atoms with Crippen LogP contribution in [-0.4, -0.2) is 32.0 Å². The zero-order chi connectivity index (χ0) is 23.5. The fraction of sp³-hybridized carbons (Fsp3) is 0.500. The van der Waals surface area contributed by atoms with Crippen molar-refractivity contribution in [3.05, 3.63) is 52.4 Å². The lowest BCUT2D eigenvalue weighted by Crippen LogP contribution is -2.41. The van der Waals surface area contributed by atoms with E-state index in [9.17, 15) is 9.90 Å². The summed E-state index contributed by atoms with van der Waals surface area (Å²) in [5.74, 6) is 1.52. The summed E-state index contributed by atoms with van der Waals surface area (Å²) in [5.41, 5.74) is 2.13. The van der Waals surface area contributed by atoms with Gasteiger partial charge in [0.05, 0.1) is 20.3 Å². The van der Waals surface area contributed by atoms with Crippen LogP contribution in [0.4, 0.5) is 0 Å². The quantitative estimate of drug-likeness (QED) is 0.443. The Balaban J connectivity index is 1.72. The molecule has 1 saturated carbocycles. The molecule has 0 amide bonds. The first kappa shape index (κ1) is 23.9. The minimum atomic E-state index is -0.458. The Morgan fingerprint density at radius 3 is 2.72 bits per heavy atom. The molecule has 6 heteroatoms. The van der Waals surface area contributed by atoms with Gasteiger partial charge in [-0.1, -0.05) is 31.6 Å². The molecule has 1 heterocycles. The zero-order valence-electron chi connectivity index (χ0n) is 19.7. The van der Waals surface area contributed by atoms with Crippen LogP contribution in [0.2, 0.25) is 0 Å². The Morgan fingerprint density at radius 1 is 1.28 bits per heavy atom. The first-order valence-electron chi connectivity index (χ1n) is 11.0. The van der Waals surface area contributed by atoms with Crippen LogP contribution in [0, 0.1) is 11.3 Å². The van der Waals surface area contributed by atoms with Gasteiger partial charge in [0.1, 0.15) is 6.61 Å². The highest BCUT2D eigenvalue weighted by atomic mass is 16.5. The number of fused-ring (bicyclic) bond motifs is 1. The molecule has 174 valence electrons. The molecule has 1 aromatic carbocycles. The number of hydrogen-bond acceptors (Lipinski definition) is 6. The Hall–Kier alpha value is -2.73. The smallest absolute Gasteiger partial charge is 0.336 e. The summed E-state index contributed by atoms with van der Waals surface area (Å²) >= 11 is 0. The largest absolute Gasteiger partial charge is 0.493 e. The van der Waals surface area contributed by atoms with Crippen LogP contribution < -0.4 is 19.8 Å². The van der Waals surface area contributed by atoms with Crippen LogP contribution in [-0.2, 0) is 0 Å². The molecule has 0 bridgehead atoms. The molecule has 32 heavy (non-hydrogen) atoms.